The lowest BCUT2D eigenvalue weighted by Crippen LogP contribution is -2.13. The van der Waals surface area contributed by atoms with E-state index in [-0.39, 0.29) is 30.0 Å². The van der Waals surface area contributed by atoms with Gasteiger partial charge >= 0.3 is 0 Å². The molecular formula is C13H21ClFNO. The molecule has 0 amide bonds. The van der Waals surface area contributed by atoms with E-state index in [2.05, 4.69) is 13.8 Å². The minimum absolute atomic E-state index is 0. The van der Waals surface area contributed by atoms with E-state index in [0.29, 0.717) is 5.92 Å². The third-order valence-electron chi connectivity index (χ3n) is 2.66. The molecule has 0 aliphatic rings. The second-order valence-electron chi connectivity index (χ2n) is 4.44. The standard InChI is InChI=1S/C13H20FNO.ClH/c1-9(2)7-8-12(15)10-5-4-6-11(14)13(10)16-3;/h4-6,9,12H,7-8,15H2,1-3H3;1H/t12-;/m0./s1. The van der Waals surface area contributed by atoms with Gasteiger partial charge in [0.2, 0.25) is 0 Å². The fraction of sp³-hybridized carbons (Fsp3) is 0.538. The van der Waals surface area contributed by atoms with E-state index in [0.717, 1.165) is 18.4 Å². The number of halogens is 2. The molecule has 1 aromatic carbocycles. The van der Waals surface area contributed by atoms with Gasteiger partial charge in [-0.1, -0.05) is 26.0 Å². The molecule has 2 nitrogen and oxygen atoms in total. The quantitative estimate of drug-likeness (QED) is 0.877. The third kappa shape index (κ3) is 4.52. The SMILES string of the molecule is COc1c(F)cccc1[C@@H](N)CCC(C)C.Cl. The molecule has 0 spiro atoms. The van der Waals surface area contributed by atoms with Gasteiger partial charge in [0.15, 0.2) is 11.6 Å². The van der Waals surface area contributed by atoms with Gasteiger partial charge in [-0.25, -0.2) is 4.39 Å². The molecule has 0 bridgehead atoms. The van der Waals surface area contributed by atoms with Gasteiger partial charge in [-0.15, -0.1) is 12.4 Å². The lowest BCUT2D eigenvalue weighted by molar-refractivity contribution is 0.374. The number of rotatable bonds is 5. The zero-order valence-electron chi connectivity index (χ0n) is 10.6. The molecule has 0 saturated heterocycles. The van der Waals surface area contributed by atoms with E-state index in [1.54, 1.807) is 6.07 Å². The molecule has 17 heavy (non-hydrogen) atoms. The van der Waals surface area contributed by atoms with Crippen molar-refractivity contribution in [1.82, 2.24) is 0 Å². The monoisotopic (exact) mass is 261 g/mol. The van der Waals surface area contributed by atoms with Gasteiger partial charge in [0.1, 0.15) is 0 Å². The van der Waals surface area contributed by atoms with Crippen molar-refractivity contribution >= 4 is 12.4 Å². The van der Waals surface area contributed by atoms with Crippen LogP contribution in [-0.2, 0) is 0 Å². The average molecular weight is 262 g/mol. The highest BCUT2D eigenvalue weighted by Gasteiger charge is 2.15. The van der Waals surface area contributed by atoms with Crippen LogP contribution in [0.3, 0.4) is 0 Å². The summed E-state index contributed by atoms with van der Waals surface area (Å²) < 4.78 is 18.5. The lowest BCUT2D eigenvalue weighted by Gasteiger charge is -2.16. The largest absolute Gasteiger partial charge is 0.493 e. The lowest BCUT2D eigenvalue weighted by atomic mass is 9.97. The molecule has 2 N–H and O–H groups in total. The second-order valence-corrected chi connectivity index (χ2v) is 4.44. The smallest absolute Gasteiger partial charge is 0.165 e. The minimum Gasteiger partial charge on any atom is -0.493 e. The van der Waals surface area contributed by atoms with Crippen molar-refractivity contribution in [3.8, 4) is 5.75 Å². The van der Waals surface area contributed by atoms with Crippen LogP contribution in [0.1, 0.15) is 38.3 Å². The van der Waals surface area contributed by atoms with Crippen LogP contribution in [-0.4, -0.2) is 7.11 Å². The van der Waals surface area contributed by atoms with Crippen molar-refractivity contribution in [3.63, 3.8) is 0 Å². The molecule has 98 valence electrons. The number of ether oxygens (including phenoxy) is 1. The summed E-state index contributed by atoms with van der Waals surface area (Å²) in [6.07, 6.45) is 1.87. The molecule has 4 heteroatoms. The maximum atomic E-state index is 13.4. The van der Waals surface area contributed by atoms with Gasteiger partial charge in [0.05, 0.1) is 7.11 Å². The van der Waals surface area contributed by atoms with Crippen LogP contribution >= 0.6 is 12.4 Å². The highest BCUT2D eigenvalue weighted by molar-refractivity contribution is 5.85. The molecule has 0 fully saturated rings. The summed E-state index contributed by atoms with van der Waals surface area (Å²) in [7, 11) is 1.47. The first-order valence-corrected chi connectivity index (χ1v) is 5.64. The summed E-state index contributed by atoms with van der Waals surface area (Å²) in [6.45, 7) is 4.30. The molecular weight excluding hydrogens is 241 g/mol. The Kier molecular flexibility index (Phi) is 7.16. The van der Waals surface area contributed by atoms with E-state index in [1.807, 2.05) is 6.07 Å². The minimum atomic E-state index is -0.347. The van der Waals surface area contributed by atoms with E-state index in [1.165, 1.54) is 13.2 Å². The second kappa shape index (κ2) is 7.51. The van der Waals surface area contributed by atoms with Gasteiger partial charge in [-0.2, -0.15) is 0 Å². The van der Waals surface area contributed by atoms with Crippen molar-refractivity contribution < 1.29 is 9.13 Å². The van der Waals surface area contributed by atoms with Crippen molar-refractivity contribution in [1.29, 1.82) is 0 Å². The number of nitrogens with two attached hydrogens (primary N) is 1. The Labute approximate surface area is 109 Å². The number of para-hydroxylation sites is 1. The summed E-state index contributed by atoms with van der Waals surface area (Å²) in [6, 6.07) is 4.72. The fourth-order valence-electron chi connectivity index (χ4n) is 1.70. The fourth-order valence-corrected chi connectivity index (χ4v) is 1.70. The summed E-state index contributed by atoms with van der Waals surface area (Å²) in [5, 5.41) is 0. The number of benzene rings is 1. The Morgan fingerprint density at radius 1 is 1.29 bits per heavy atom. The Hall–Kier alpha value is -0.800. The van der Waals surface area contributed by atoms with Crippen LogP contribution in [0.5, 0.6) is 5.75 Å². The van der Waals surface area contributed by atoms with Crippen molar-refractivity contribution in [2.24, 2.45) is 11.7 Å². The molecule has 1 rings (SSSR count). The topological polar surface area (TPSA) is 35.2 Å². The molecule has 0 aromatic heterocycles. The van der Waals surface area contributed by atoms with Crippen molar-refractivity contribution in [2.45, 2.75) is 32.7 Å². The first-order chi connectivity index (χ1) is 7.56. The third-order valence-corrected chi connectivity index (χ3v) is 2.66. The van der Waals surface area contributed by atoms with Crippen molar-refractivity contribution in [3.05, 3.63) is 29.6 Å². The molecule has 1 aromatic rings. The molecule has 0 saturated carbocycles. The van der Waals surface area contributed by atoms with Crippen LogP contribution in [0.25, 0.3) is 0 Å². The summed E-state index contributed by atoms with van der Waals surface area (Å²) in [5.41, 5.74) is 6.79. The summed E-state index contributed by atoms with van der Waals surface area (Å²) in [4.78, 5) is 0. The predicted molar refractivity (Wildman–Crippen MR) is 71.2 cm³/mol. The van der Waals surface area contributed by atoms with E-state index in [9.17, 15) is 4.39 Å². The van der Waals surface area contributed by atoms with Crippen LogP contribution < -0.4 is 10.5 Å². The molecule has 1 atom stereocenters. The molecule has 0 heterocycles. The highest BCUT2D eigenvalue weighted by atomic mass is 35.5. The summed E-state index contributed by atoms with van der Waals surface area (Å²) >= 11 is 0. The Morgan fingerprint density at radius 3 is 2.47 bits per heavy atom. The van der Waals surface area contributed by atoms with Gasteiger partial charge in [0.25, 0.3) is 0 Å². The van der Waals surface area contributed by atoms with Crippen LogP contribution in [0.2, 0.25) is 0 Å². The van der Waals surface area contributed by atoms with Crippen LogP contribution in [0, 0.1) is 11.7 Å². The molecule has 0 unspecified atom stereocenters. The highest BCUT2D eigenvalue weighted by Crippen LogP contribution is 2.29. The van der Waals surface area contributed by atoms with Crippen LogP contribution in [0.15, 0.2) is 18.2 Å². The average Bonchev–Trinajstić information content (AvgIpc) is 2.25. The van der Waals surface area contributed by atoms with Gasteiger partial charge < -0.3 is 10.5 Å². The Morgan fingerprint density at radius 2 is 1.94 bits per heavy atom. The Balaban J connectivity index is 0.00000256. The number of methoxy groups -OCH3 is 1. The molecule has 0 aliphatic carbocycles. The van der Waals surface area contributed by atoms with E-state index < -0.39 is 0 Å². The molecule has 0 aliphatic heterocycles. The number of hydrogen-bond acceptors (Lipinski definition) is 2. The van der Waals surface area contributed by atoms with Gasteiger partial charge in [-0.05, 0) is 24.8 Å². The zero-order valence-corrected chi connectivity index (χ0v) is 11.4. The summed E-state index contributed by atoms with van der Waals surface area (Å²) in [5.74, 6) is 0.532. The maximum Gasteiger partial charge on any atom is 0.165 e. The normalized spacial score (nSPS) is 12.1. The molecule has 0 radical (unpaired) electrons. The number of hydrogen-bond donors (Lipinski definition) is 1. The predicted octanol–water partition coefficient (Wildman–Crippen LogP) is 3.69. The van der Waals surface area contributed by atoms with E-state index >= 15 is 0 Å². The van der Waals surface area contributed by atoms with Gasteiger partial charge in [-0.3, -0.25) is 0 Å². The first kappa shape index (κ1) is 16.2. The first-order valence-electron chi connectivity index (χ1n) is 5.64. The van der Waals surface area contributed by atoms with E-state index in [4.69, 9.17) is 10.5 Å². The van der Waals surface area contributed by atoms with Crippen molar-refractivity contribution in [2.75, 3.05) is 7.11 Å². The van der Waals surface area contributed by atoms with Crippen LogP contribution in [0.4, 0.5) is 4.39 Å². The zero-order chi connectivity index (χ0) is 12.1. The maximum absolute atomic E-state index is 13.4. The Bertz CT molecular complexity index is 344. The van der Waals surface area contributed by atoms with Gasteiger partial charge in [0, 0.05) is 11.6 Å².